The summed E-state index contributed by atoms with van der Waals surface area (Å²) in [4.78, 5) is 17.0. The third kappa shape index (κ3) is 5.62. The highest BCUT2D eigenvalue weighted by molar-refractivity contribution is 5.96. The summed E-state index contributed by atoms with van der Waals surface area (Å²) in [7, 11) is 1.88. The van der Waals surface area contributed by atoms with E-state index in [9.17, 15) is 14.3 Å². The van der Waals surface area contributed by atoms with Crippen LogP contribution in [0.1, 0.15) is 70.1 Å². The zero-order chi connectivity index (χ0) is 21.9. The molecule has 0 fully saturated rings. The molecule has 1 unspecified atom stereocenters. The average Bonchev–Trinajstić information content (AvgIpc) is 2.95. The summed E-state index contributed by atoms with van der Waals surface area (Å²) in [5.74, 6) is -0.945. The molecule has 162 valence electrons. The van der Waals surface area contributed by atoms with Crippen molar-refractivity contribution in [1.29, 1.82) is 0 Å². The molecule has 0 spiro atoms. The summed E-state index contributed by atoms with van der Waals surface area (Å²) in [6.07, 6.45) is 0.735. The highest BCUT2D eigenvalue weighted by atomic mass is 19.1. The first kappa shape index (κ1) is 23.4. The smallest absolute Gasteiger partial charge is 0.184 e. The quantitative estimate of drug-likeness (QED) is 0.621. The molecule has 0 radical (unpaired) electrons. The molecule has 2 heterocycles. The number of ketones is 1. The second-order valence-electron chi connectivity index (χ2n) is 8.96. The van der Waals surface area contributed by atoms with Gasteiger partial charge in [0.1, 0.15) is 11.3 Å². The number of hydrogen-bond donors (Lipinski definition) is 2. The first-order chi connectivity index (χ1) is 13.5. The van der Waals surface area contributed by atoms with Gasteiger partial charge in [0.05, 0.1) is 24.9 Å². The normalized spacial score (nSPS) is 14.6. The molecule has 29 heavy (non-hydrogen) atoms. The maximum atomic E-state index is 14.6. The van der Waals surface area contributed by atoms with E-state index >= 15 is 0 Å². The lowest BCUT2D eigenvalue weighted by atomic mass is 9.92. The Morgan fingerprint density at radius 1 is 1.34 bits per heavy atom. The van der Waals surface area contributed by atoms with Gasteiger partial charge < -0.3 is 20.1 Å². The minimum absolute atomic E-state index is 0.0378. The second kappa shape index (κ2) is 9.32. The van der Waals surface area contributed by atoms with Crippen LogP contribution in [-0.4, -0.2) is 45.3 Å². The minimum atomic E-state index is -0.601. The van der Waals surface area contributed by atoms with Crippen molar-refractivity contribution in [2.45, 2.75) is 77.5 Å². The maximum Gasteiger partial charge on any atom is 0.184 e. The van der Waals surface area contributed by atoms with Gasteiger partial charge in [-0.25, -0.2) is 9.37 Å². The van der Waals surface area contributed by atoms with E-state index in [1.807, 2.05) is 31.5 Å². The molecule has 7 heteroatoms. The van der Waals surface area contributed by atoms with Gasteiger partial charge in [-0.3, -0.25) is 4.79 Å². The van der Waals surface area contributed by atoms with Gasteiger partial charge in [-0.1, -0.05) is 20.8 Å². The molecule has 2 aromatic heterocycles. The lowest BCUT2D eigenvalue weighted by Crippen LogP contribution is -2.41. The van der Waals surface area contributed by atoms with E-state index in [4.69, 9.17) is 10.5 Å². The predicted octanol–water partition coefficient (Wildman–Crippen LogP) is 3.48. The number of carbonyl (C=O) groups excluding carboxylic acids is 1. The molecule has 2 aromatic rings. The third-order valence-corrected chi connectivity index (χ3v) is 5.02. The van der Waals surface area contributed by atoms with E-state index in [1.54, 1.807) is 0 Å². The number of ether oxygens (including phenoxy) is 1. The van der Waals surface area contributed by atoms with Crippen LogP contribution in [0.3, 0.4) is 0 Å². The molecular weight excluding hydrogens is 373 g/mol. The van der Waals surface area contributed by atoms with Gasteiger partial charge in [0.15, 0.2) is 11.6 Å². The van der Waals surface area contributed by atoms with Crippen LogP contribution in [0.15, 0.2) is 12.1 Å². The molecule has 3 N–H and O–H groups in total. The Labute approximate surface area is 172 Å². The molecule has 0 amide bonds. The number of hydrogen-bond acceptors (Lipinski definition) is 5. The molecule has 0 aliphatic heterocycles. The Hall–Kier alpha value is -1.83. The zero-order valence-electron chi connectivity index (χ0n) is 18.3. The number of carbonyl (C=O) groups is 1. The molecule has 0 aromatic carbocycles. The summed E-state index contributed by atoms with van der Waals surface area (Å²) in [6, 6.07) is 2.79. The molecule has 0 saturated carbocycles. The number of halogens is 1. The van der Waals surface area contributed by atoms with E-state index in [-0.39, 0.29) is 42.1 Å². The number of nitrogens with zero attached hydrogens (tertiary/aromatic N) is 2. The van der Waals surface area contributed by atoms with Crippen molar-refractivity contribution in [2.75, 3.05) is 6.61 Å². The van der Waals surface area contributed by atoms with E-state index < -0.39 is 11.9 Å². The van der Waals surface area contributed by atoms with Crippen LogP contribution in [0.4, 0.5) is 4.39 Å². The molecule has 0 bridgehead atoms. The van der Waals surface area contributed by atoms with Crippen LogP contribution in [0, 0.1) is 5.82 Å². The van der Waals surface area contributed by atoms with Crippen molar-refractivity contribution < 1.29 is 19.0 Å². The van der Waals surface area contributed by atoms with Gasteiger partial charge in [0.2, 0.25) is 0 Å². The molecule has 2 rings (SSSR count). The highest BCUT2D eigenvalue weighted by Gasteiger charge is 2.24. The number of aryl methyl sites for hydroxylation is 1. The summed E-state index contributed by atoms with van der Waals surface area (Å²) < 4.78 is 22.2. The third-order valence-electron chi connectivity index (χ3n) is 5.02. The average molecular weight is 408 g/mol. The van der Waals surface area contributed by atoms with Crippen molar-refractivity contribution >= 4 is 16.8 Å². The number of aliphatic hydroxyl groups excluding tert-OH is 1. The monoisotopic (exact) mass is 407 g/mol. The Balaban J connectivity index is 2.16. The van der Waals surface area contributed by atoms with E-state index in [1.165, 1.54) is 6.07 Å². The molecule has 0 saturated heterocycles. The first-order valence-corrected chi connectivity index (χ1v) is 10.2. The van der Waals surface area contributed by atoms with Crippen LogP contribution in [0.25, 0.3) is 11.0 Å². The number of aromatic nitrogens is 2. The zero-order valence-corrected chi connectivity index (χ0v) is 18.3. The standard InChI is InChI=1S/C22H34FN3O3/c1-13(2)29-18(16(24)12-27)9-7-8-17(28)20-15(23)10-14-11-19(22(3,4)5)26(6)21(14)25-20/h10-11,13,16,18,27H,7-9,12,24H2,1-6H3/t16-,18?/m0/s1. The summed E-state index contributed by atoms with van der Waals surface area (Å²) in [5.41, 5.74) is 7.27. The Morgan fingerprint density at radius 2 is 2.00 bits per heavy atom. The number of aliphatic hydroxyl groups is 1. The summed E-state index contributed by atoms with van der Waals surface area (Å²) in [5, 5.41) is 9.98. The number of fused-ring (bicyclic) bond motifs is 1. The fourth-order valence-electron chi connectivity index (χ4n) is 3.57. The van der Waals surface area contributed by atoms with Crippen molar-refractivity contribution in [3.05, 3.63) is 29.3 Å². The van der Waals surface area contributed by atoms with Gasteiger partial charge in [-0.15, -0.1) is 0 Å². The maximum absolute atomic E-state index is 14.6. The molecule has 6 nitrogen and oxygen atoms in total. The largest absolute Gasteiger partial charge is 0.395 e. The van der Waals surface area contributed by atoms with Gasteiger partial charge >= 0.3 is 0 Å². The van der Waals surface area contributed by atoms with Crippen LogP contribution in [0.2, 0.25) is 0 Å². The molecule has 0 aliphatic carbocycles. The predicted molar refractivity (Wildman–Crippen MR) is 113 cm³/mol. The Kier molecular flexibility index (Phi) is 7.54. The second-order valence-corrected chi connectivity index (χ2v) is 8.96. The van der Waals surface area contributed by atoms with Crippen molar-refractivity contribution in [1.82, 2.24) is 9.55 Å². The summed E-state index contributed by atoms with van der Waals surface area (Å²) in [6.45, 7) is 9.83. The van der Waals surface area contributed by atoms with Gasteiger partial charge in [0.25, 0.3) is 0 Å². The highest BCUT2D eigenvalue weighted by Crippen LogP contribution is 2.29. The first-order valence-electron chi connectivity index (χ1n) is 10.2. The lowest BCUT2D eigenvalue weighted by molar-refractivity contribution is -0.0217. The van der Waals surface area contributed by atoms with Crippen molar-refractivity contribution in [3.63, 3.8) is 0 Å². The SMILES string of the molecule is CC(C)OC(CCCC(=O)c1nc2c(cc1F)cc(C(C)(C)C)n2C)[C@@H](N)CO. The number of nitrogens with two attached hydrogens (primary N) is 1. The lowest BCUT2D eigenvalue weighted by Gasteiger charge is -2.24. The van der Waals surface area contributed by atoms with Crippen LogP contribution >= 0.6 is 0 Å². The fraction of sp³-hybridized carbons (Fsp3) is 0.636. The molecule has 0 aliphatic rings. The Morgan fingerprint density at radius 3 is 2.55 bits per heavy atom. The molecule has 2 atom stereocenters. The fourth-order valence-corrected chi connectivity index (χ4v) is 3.57. The van der Waals surface area contributed by atoms with Crippen LogP contribution in [0.5, 0.6) is 0 Å². The minimum Gasteiger partial charge on any atom is -0.395 e. The molecular formula is C22H34FN3O3. The number of rotatable bonds is 9. The number of pyridine rings is 1. The van der Waals surface area contributed by atoms with Crippen LogP contribution in [-0.2, 0) is 17.2 Å². The van der Waals surface area contributed by atoms with Gasteiger partial charge in [0, 0.05) is 30.0 Å². The summed E-state index contributed by atoms with van der Waals surface area (Å²) >= 11 is 0. The van der Waals surface area contributed by atoms with Crippen LogP contribution < -0.4 is 5.73 Å². The van der Waals surface area contributed by atoms with E-state index in [0.29, 0.717) is 23.9 Å². The van der Waals surface area contributed by atoms with Crippen molar-refractivity contribution in [3.8, 4) is 0 Å². The van der Waals surface area contributed by atoms with Crippen molar-refractivity contribution in [2.24, 2.45) is 12.8 Å². The van der Waals surface area contributed by atoms with Gasteiger partial charge in [-0.2, -0.15) is 0 Å². The topological polar surface area (TPSA) is 90.4 Å². The van der Waals surface area contributed by atoms with E-state index in [2.05, 4.69) is 25.8 Å². The Bertz CT molecular complexity index is 855. The van der Waals surface area contributed by atoms with Gasteiger partial charge in [-0.05, 0) is 38.8 Å². The van der Waals surface area contributed by atoms with E-state index in [0.717, 1.165) is 5.69 Å². The number of Topliss-reactive ketones (excluding diaryl/α,β-unsaturated/α-hetero) is 1.